The molecule has 0 spiro atoms. The van der Waals surface area contributed by atoms with Crippen LogP contribution >= 0.6 is 23.2 Å². The lowest BCUT2D eigenvalue weighted by molar-refractivity contribution is -0.152. The second-order valence-corrected chi connectivity index (χ2v) is 8.55. The lowest BCUT2D eigenvalue weighted by Crippen LogP contribution is -2.38. The van der Waals surface area contributed by atoms with Crippen molar-refractivity contribution in [1.82, 2.24) is 10.3 Å². The molecule has 2 aromatic rings. The summed E-state index contributed by atoms with van der Waals surface area (Å²) in [6.45, 7) is 2.09. The van der Waals surface area contributed by atoms with E-state index in [1.807, 2.05) is 35.7 Å². The molecule has 10 heteroatoms. The van der Waals surface area contributed by atoms with E-state index in [2.05, 4.69) is 16.9 Å². The zero-order valence-electron chi connectivity index (χ0n) is 17.6. The SMILES string of the molecule is CC1CC(Cl)=CC=C1c1ncc(CN=C(N)NC(=O)CC(F)(F)F)cc1-c1ccc(Cl)cc1. The molecule has 3 rings (SSSR count). The highest BCUT2D eigenvalue weighted by Gasteiger charge is 2.31. The van der Waals surface area contributed by atoms with E-state index in [0.29, 0.717) is 17.0 Å². The number of benzene rings is 1. The fourth-order valence-corrected chi connectivity index (χ4v) is 3.81. The summed E-state index contributed by atoms with van der Waals surface area (Å²) in [6.07, 6.45) is -0.128. The largest absolute Gasteiger partial charge is 0.397 e. The summed E-state index contributed by atoms with van der Waals surface area (Å²) in [5, 5.41) is 3.30. The second kappa shape index (κ2) is 10.4. The minimum atomic E-state index is -4.62. The molecule has 1 aromatic carbocycles. The standard InChI is InChI=1S/C23H21Cl2F3N4O/c1-13-8-17(25)6-7-18(13)21-19(15-2-4-16(24)5-3-15)9-14(11-30-21)12-31-22(29)32-20(33)10-23(26,27)28/h2-7,9,11,13H,8,10,12H2,1H3,(H3,29,31,32,33). The molecule has 1 atom stereocenters. The Morgan fingerprint density at radius 3 is 2.58 bits per heavy atom. The highest BCUT2D eigenvalue weighted by Crippen LogP contribution is 2.37. The third kappa shape index (κ3) is 7.07. The molecule has 1 aromatic heterocycles. The van der Waals surface area contributed by atoms with E-state index in [0.717, 1.165) is 27.4 Å². The van der Waals surface area contributed by atoms with Gasteiger partial charge in [-0.3, -0.25) is 15.1 Å². The van der Waals surface area contributed by atoms with Crippen LogP contribution in [0.15, 0.2) is 58.7 Å². The number of carbonyl (C=O) groups is 1. The summed E-state index contributed by atoms with van der Waals surface area (Å²) in [5.41, 5.74) is 9.76. The Morgan fingerprint density at radius 2 is 1.94 bits per heavy atom. The Morgan fingerprint density at radius 1 is 1.24 bits per heavy atom. The maximum absolute atomic E-state index is 12.3. The van der Waals surface area contributed by atoms with Crippen LogP contribution in [0.4, 0.5) is 13.2 Å². The minimum absolute atomic E-state index is 0.0202. The number of nitrogens with two attached hydrogens (primary N) is 1. The normalized spacial score (nSPS) is 16.8. The van der Waals surface area contributed by atoms with Crippen LogP contribution in [0, 0.1) is 5.92 Å². The number of aliphatic imine (C=N–C) groups is 1. The predicted octanol–water partition coefficient (Wildman–Crippen LogP) is 5.83. The number of halogens is 5. The van der Waals surface area contributed by atoms with Crippen molar-refractivity contribution < 1.29 is 18.0 Å². The van der Waals surface area contributed by atoms with Crippen molar-refractivity contribution in [2.75, 3.05) is 0 Å². The number of amides is 1. The van der Waals surface area contributed by atoms with Crippen molar-refractivity contribution in [2.45, 2.75) is 32.5 Å². The Labute approximate surface area is 199 Å². The van der Waals surface area contributed by atoms with Crippen molar-refractivity contribution in [2.24, 2.45) is 16.6 Å². The topological polar surface area (TPSA) is 80.4 Å². The number of hydrogen-bond acceptors (Lipinski definition) is 3. The lowest BCUT2D eigenvalue weighted by atomic mass is 9.87. The van der Waals surface area contributed by atoms with E-state index in [1.54, 1.807) is 18.3 Å². The summed E-state index contributed by atoms with van der Waals surface area (Å²) in [6, 6.07) is 9.18. The molecule has 33 heavy (non-hydrogen) atoms. The van der Waals surface area contributed by atoms with Crippen LogP contribution in [-0.4, -0.2) is 23.0 Å². The number of pyridine rings is 1. The zero-order valence-corrected chi connectivity index (χ0v) is 19.1. The summed E-state index contributed by atoms with van der Waals surface area (Å²) in [4.78, 5) is 20.0. The molecule has 1 aliphatic carbocycles. The van der Waals surface area contributed by atoms with Gasteiger partial charge in [0.25, 0.3) is 0 Å². The Hall–Kier alpha value is -2.84. The zero-order chi connectivity index (χ0) is 24.2. The summed E-state index contributed by atoms with van der Waals surface area (Å²) >= 11 is 12.2. The fourth-order valence-electron chi connectivity index (χ4n) is 3.39. The van der Waals surface area contributed by atoms with Gasteiger partial charge in [-0.05, 0) is 53.3 Å². The first-order valence-corrected chi connectivity index (χ1v) is 10.8. The maximum Gasteiger partial charge on any atom is 0.397 e. The molecule has 3 N–H and O–H groups in total. The van der Waals surface area contributed by atoms with Crippen molar-refractivity contribution >= 4 is 40.6 Å². The smallest absolute Gasteiger partial charge is 0.370 e. The Balaban J connectivity index is 1.90. The van der Waals surface area contributed by atoms with Gasteiger partial charge in [-0.1, -0.05) is 48.3 Å². The average molecular weight is 497 g/mol. The maximum atomic E-state index is 12.3. The van der Waals surface area contributed by atoms with E-state index < -0.39 is 24.5 Å². The molecule has 0 radical (unpaired) electrons. The van der Waals surface area contributed by atoms with Gasteiger partial charge >= 0.3 is 6.18 Å². The monoisotopic (exact) mass is 496 g/mol. The van der Waals surface area contributed by atoms with Crippen LogP contribution in [0.1, 0.15) is 31.0 Å². The Bertz CT molecular complexity index is 1130. The van der Waals surface area contributed by atoms with Crippen LogP contribution in [0.3, 0.4) is 0 Å². The van der Waals surface area contributed by atoms with Gasteiger partial charge in [-0.15, -0.1) is 0 Å². The second-order valence-electron chi connectivity index (χ2n) is 7.63. The highest BCUT2D eigenvalue weighted by molar-refractivity contribution is 6.30. The van der Waals surface area contributed by atoms with E-state index in [9.17, 15) is 18.0 Å². The first kappa shape index (κ1) is 24.8. The molecule has 0 fully saturated rings. The first-order valence-electron chi connectivity index (χ1n) is 10.00. The third-order valence-corrected chi connectivity index (χ3v) is 5.44. The fraction of sp³-hybridized carbons (Fsp3) is 0.261. The Kier molecular flexibility index (Phi) is 7.81. The van der Waals surface area contributed by atoms with Gasteiger partial charge in [0.1, 0.15) is 6.42 Å². The number of guanidine groups is 1. The molecular weight excluding hydrogens is 476 g/mol. The average Bonchev–Trinajstić information content (AvgIpc) is 2.71. The van der Waals surface area contributed by atoms with Crippen LogP contribution in [-0.2, 0) is 11.3 Å². The molecule has 1 unspecified atom stereocenters. The van der Waals surface area contributed by atoms with Gasteiger partial charge in [-0.2, -0.15) is 13.2 Å². The van der Waals surface area contributed by atoms with Gasteiger partial charge in [-0.25, -0.2) is 4.99 Å². The van der Waals surface area contributed by atoms with Crippen LogP contribution in [0.2, 0.25) is 5.02 Å². The number of hydrogen-bond donors (Lipinski definition) is 2. The third-order valence-electron chi connectivity index (χ3n) is 4.91. The van der Waals surface area contributed by atoms with Crippen molar-refractivity contribution in [3.8, 4) is 11.1 Å². The highest BCUT2D eigenvalue weighted by atomic mass is 35.5. The molecule has 0 aliphatic heterocycles. The van der Waals surface area contributed by atoms with Gasteiger partial charge < -0.3 is 5.73 Å². The van der Waals surface area contributed by atoms with Gasteiger partial charge in [0.05, 0.1) is 12.2 Å². The molecule has 1 amide bonds. The number of aromatic nitrogens is 1. The molecule has 0 saturated heterocycles. The quantitative estimate of drug-likeness (QED) is 0.403. The number of nitrogens with zero attached hydrogens (tertiary/aromatic N) is 2. The molecule has 1 heterocycles. The number of carbonyl (C=O) groups excluding carboxylic acids is 1. The molecular formula is C23H21Cl2F3N4O. The number of rotatable bonds is 5. The summed E-state index contributed by atoms with van der Waals surface area (Å²) < 4.78 is 36.9. The van der Waals surface area contributed by atoms with Crippen LogP contribution in [0.5, 0.6) is 0 Å². The number of alkyl halides is 3. The van der Waals surface area contributed by atoms with Crippen LogP contribution in [0.25, 0.3) is 16.7 Å². The summed E-state index contributed by atoms with van der Waals surface area (Å²) in [5.74, 6) is -1.52. The van der Waals surface area contributed by atoms with E-state index >= 15 is 0 Å². The first-order chi connectivity index (χ1) is 15.5. The van der Waals surface area contributed by atoms with Gasteiger partial charge in [0.2, 0.25) is 5.91 Å². The molecule has 0 bridgehead atoms. The predicted molar refractivity (Wildman–Crippen MR) is 125 cm³/mol. The molecule has 174 valence electrons. The minimum Gasteiger partial charge on any atom is -0.370 e. The number of allylic oxidation sites excluding steroid dienone is 4. The van der Waals surface area contributed by atoms with E-state index in [4.69, 9.17) is 28.9 Å². The van der Waals surface area contributed by atoms with Crippen LogP contribution < -0.4 is 11.1 Å². The van der Waals surface area contributed by atoms with Crippen molar-refractivity contribution in [3.63, 3.8) is 0 Å². The van der Waals surface area contributed by atoms with E-state index in [1.165, 1.54) is 0 Å². The summed E-state index contributed by atoms with van der Waals surface area (Å²) in [7, 11) is 0. The number of nitrogens with one attached hydrogen (secondary N) is 1. The molecule has 5 nitrogen and oxygen atoms in total. The van der Waals surface area contributed by atoms with Gasteiger partial charge in [0, 0.05) is 21.8 Å². The lowest BCUT2D eigenvalue weighted by Gasteiger charge is -2.21. The van der Waals surface area contributed by atoms with Gasteiger partial charge in [0.15, 0.2) is 5.96 Å². The van der Waals surface area contributed by atoms with Crippen molar-refractivity contribution in [3.05, 3.63) is 70.0 Å². The molecule has 1 aliphatic rings. The van der Waals surface area contributed by atoms with Crippen molar-refractivity contribution in [1.29, 1.82) is 0 Å². The molecule has 0 saturated carbocycles. The van der Waals surface area contributed by atoms with E-state index in [-0.39, 0.29) is 12.5 Å².